The van der Waals surface area contributed by atoms with E-state index in [-0.39, 0.29) is 98.3 Å². The van der Waals surface area contributed by atoms with Crippen LogP contribution in [0.25, 0.3) is 0 Å². The SMILES string of the molecule is [AlH3].[Co].[H-].[H-].[Mg+2].[Ni].[Ti]. The third-order valence-corrected chi connectivity index (χ3v) is 0. The third-order valence-electron chi connectivity index (χ3n) is 0. The van der Waals surface area contributed by atoms with Gasteiger partial charge < -0.3 is 2.85 Å². The minimum absolute atomic E-state index is 0. The molecule has 5 heteroatoms. The molecular weight excluding hydrogens is 217 g/mol. The largest absolute Gasteiger partial charge is 2.00 e. The van der Waals surface area contributed by atoms with Gasteiger partial charge >= 0.3 is 23.1 Å². The van der Waals surface area contributed by atoms with E-state index >= 15 is 0 Å². The molecule has 0 saturated heterocycles. The summed E-state index contributed by atoms with van der Waals surface area (Å²) in [5.74, 6) is 0. The Morgan fingerprint density at radius 1 is 1.20 bits per heavy atom. The molecule has 0 spiro atoms. The first kappa shape index (κ1) is 43.4. The Labute approximate surface area is 96.9 Å². The van der Waals surface area contributed by atoms with Gasteiger partial charge in [-0.05, 0) is 0 Å². The second kappa shape index (κ2) is 27.9. The smallest absolute Gasteiger partial charge is 1.00 e. The first-order chi connectivity index (χ1) is 0. The van der Waals surface area contributed by atoms with Crippen LogP contribution in [0.3, 0.4) is 0 Å². The van der Waals surface area contributed by atoms with Crippen LogP contribution in [-0.2, 0) is 55.0 Å². The monoisotopic (exact) mass is 221 g/mol. The molecule has 5 heavy (non-hydrogen) atoms. The van der Waals surface area contributed by atoms with Crippen molar-refractivity contribution in [3.8, 4) is 0 Å². The average Bonchev–Trinajstić information content (AvgIpc) is 0. The second-order valence-corrected chi connectivity index (χ2v) is 0. The van der Waals surface area contributed by atoms with Gasteiger partial charge in [0.25, 0.3) is 0 Å². The molecule has 0 amide bonds. The Kier molecular flexibility index (Phi) is 243. The quantitative estimate of drug-likeness (QED) is 0.444. The maximum Gasteiger partial charge on any atom is 2.00 e. The van der Waals surface area contributed by atoms with Crippen LogP contribution in [0.5, 0.6) is 0 Å². The molecule has 0 fully saturated rings. The summed E-state index contributed by atoms with van der Waals surface area (Å²) in [6.45, 7) is 0. The third kappa shape index (κ3) is 19.4. The van der Waals surface area contributed by atoms with E-state index in [1.165, 1.54) is 0 Å². The van der Waals surface area contributed by atoms with Gasteiger partial charge in [0.1, 0.15) is 0 Å². The first-order valence-electron chi connectivity index (χ1n) is 0. The van der Waals surface area contributed by atoms with Gasteiger partial charge in [-0.3, -0.25) is 0 Å². The van der Waals surface area contributed by atoms with Crippen LogP contribution < -0.4 is 0 Å². The van der Waals surface area contributed by atoms with Crippen LogP contribution in [0.1, 0.15) is 2.85 Å². The van der Waals surface area contributed by atoms with E-state index in [9.17, 15) is 0 Å². The maximum absolute atomic E-state index is 0. The molecule has 0 aliphatic heterocycles. The van der Waals surface area contributed by atoms with Gasteiger partial charge in [0.05, 0.1) is 0 Å². The minimum atomic E-state index is 0. The molecule has 0 aliphatic rings. The zero-order chi connectivity index (χ0) is 0. The molecule has 0 heterocycles. The van der Waals surface area contributed by atoms with Gasteiger partial charge in [-0.1, -0.05) is 0 Å². The van der Waals surface area contributed by atoms with Gasteiger partial charge in [0.15, 0.2) is 17.4 Å². The van der Waals surface area contributed by atoms with Gasteiger partial charge in [0, 0.05) is 55.0 Å². The van der Waals surface area contributed by atoms with Gasteiger partial charge in [-0.25, -0.2) is 0 Å². The normalized spacial score (nSPS) is 0. The molecule has 0 bridgehead atoms. The summed E-state index contributed by atoms with van der Waals surface area (Å²) in [5, 5.41) is 0. The van der Waals surface area contributed by atoms with Crippen molar-refractivity contribution < 1.29 is 57.8 Å². The Hall–Kier alpha value is 3.01. The van der Waals surface area contributed by atoms with Crippen molar-refractivity contribution in [3.05, 3.63) is 0 Å². The molecule has 0 N–H and O–H groups in total. The van der Waals surface area contributed by atoms with Crippen molar-refractivity contribution >= 4 is 40.4 Å². The van der Waals surface area contributed by atoms with Crippen molar-refractivity contribution in [2.45, 2.75) is 0 Å². The zero-order valence-corrected chi connectivity index (χ0v) is 6.86. The summed E-state index contributed by atoms with van der Waals surface area (Å²) in [4.78, 5) is 0. The molecular formula is H5AlCoMgNiTi. The molecule has 0 aromatic rings. The molecule has 0 nitrogen and oxygen atoms in total. The van der Waals surface area contributed by atoms with Crippen molar-refractivity contribution in [2.24, 2.45) is 0 Å². The molecule has 0 atom stereocenters. The number of hydrogen-bond donors (Lipinski definition) is 0. The van der Waals surface area contributed by atoms with Crippen molar-refractivity contribution in [3.63, 3.8) is 0 Å². The fourth-order valence-corrected chi connectivity index (χ4v) is 0. The maximum atomic E-state index is 0. The first-order valence-corrected chi connectivity index (χ1v) is 0. The Balaban J connectivity index is 0. The van der Waals surface area contributed by atoms with Gasteiger partial charge in [0.2, 0.25) is 0 Å². The summed E-state index contributed by atoms with van der Waals surface area (Å²) in [5.41, 5.74) is 0. The van der Waals surface area contributed by atoms with Gasteiger partial charge in [-0.15, -0.1) is 0 Å². The van der Waals surface area contributed by atoms with Crippen molar-refractivity contribution in [1.82, 2.24) is 0 Å². The van der Waals surface area contributed by atoms with E-state index < -0.39 is 0 Å². The second-order valence-electron chi connectivity index (χ2n) is 0. The zero-order valence-electron chi connectivity index (χ0n) is 3.86. The van der Waals surface area contributed by atoms with E-state index in [0.29, 0.717) is 0 Å². The standard InChI is InChI=1S/Al.Co.Mg.Ni.Ti.5H/q;;+2;;;;;;2*-1. The van der Waals surface area contributed by atoms with Crippen LogP contribution in [0.15, 0.2) is 0 Å². The minimum Gasteiger partial charge on any atom is -1.00 e. The van der Waals surface area contributed by atoms with Crippen LogP contribution in [0.2, 0.25) is 0 Å². The molecule has 0 rings (SSSR count). The van der Waals surface area contributed by atoms with E-state index in [0.717, 1.165) is 0 Å². The summed E-state index contributed by atoms with van der Waals surface area (Å²) >= 11 is 0. The van der Waals surface area contributed by atoms with Gasteiger partial charge in [-0.2, -0.15) is 0 Å². The van der Waals surface area contributed by atoms with Crippen LogP contribution in [-0.4, -0.2) is 40.4 Å². The molecule has 0 aromatic carbocycles. The van der Waals surface area contributed by atoms with E-state index in [1.807, 2.05) is 0 Å². The molecule has 0 unspecified atom stereocenters. The molecule has 0 aliphatic carbocycles. The average molecular weight is 222 g/mol. The van der Waals surface area contributed by atoms with E-state index in [4.69, 9.17) is 0 Å². The molecule has 1 radical (unpaired) electrons. The van der Waals surface area contributed by atoms with Crippen LogP contribution in [0, 0.1) is 0 Å². The van der Waals surface area contributed by atoms with E-state index in [2.05, 4.69) is 0 Å². The molecule has 0 aromatic heterocycles. The molecule has 0 saturated carbocycles. The fraction of sp³-hybridized carbons (Fsp3) is 0. The summed E-state index contributed by atoms with van der Waals surface area (Å²) in [6, 6.07) is 0. The van der Waals surface area contributed by atoms with E-state index in [1.54, 1.807) is 0 Å². The Morgan fingerprint density at radius 2 is 1.20 bits per heavy atom. The predicted molar refractivity (Wildman–Crippen MR) is 17.9 cm³/mol. The van der Waals surface area contributed by atoms with Crippen LogP contribution >= 0.6 is 0 Å². The van der Waals surface area contributed by atoms with Crippen LogP contribution in [0.4, 0.5) is 0 Å². The van der Waals surface area contributed by atoms with Crippen molar-refractivity contribution in [1.29, 1.82) is 0 Å². The Morgan fingerprint density at radius 3 is 1.20 bits per heavy atom. The summed E-state index contributed by atoms with van der Waals surface area (Å²) in [7, 11) is 0. The number of hydrogen-bond acceptors (Lipinski definition) is 0. The predicted octanol–water partition coefficient (Wildman–Crippen LogP) is -1.35. The summed E-state index contributed by atoms with van der Waals surface area (Å²) in [6.07, 6.45) is 0. The summed E-state index contributed by atoms with van der Waals surface area (Å²) < 4.78 is 0. The Bertz CT molecular complexity index is 17.7. The topological polar surface area (TPSA) is 0 Å². The number of rotatable bonds is 0. The fourth-order valence-electron chi connectivity index (χ4n) is 0. The molecule has 33 valence electrons. The van der Waals surface area contributed by atoms with Crippen molar-refractivity contribution in [2.75, 3.05) is 0 Å².